The van der Waals surface area contributed by atoms with E-state index in [1.807, 2.05) is 133 Å². The summed E-state index contributed by atoms with van der Waals surface area (Å²) >= 11 is 1.86. The lowest BCUT2D eigenvalue weighted by Gasteiger charge is -2.22. The summed E-state index contributed by atoms with van der Waals surface area (Å²) in [6.45, 7) is 13.8. The zero-order valence-electron chi connectivity index (χ0n) is 39.6. The van der Waals surface area contributed by atoms with E-state index in [2.05, 4.69) is 114 Å². The van der Waals surface area contributed by atoms with Crippen molar-refractivity contribution in [2.45, 2.75) is 52.4 Å². The van der Waals surface area contributed by atoms with Gasteiger partial charge in [0.1, 0.15) is 0 Å². The summed E-state index contributed by atoms with van der Waals surface area (Å²) in [6, 6.07) is 67.7. The van der Waals surface area contributed by atoms with Gasteiger partial charge in [0, 0.05) is 53.6 Å². The molecule has 3 aromatic heterocycles. The van der Waals surface area contributed by atoms with Gasteiger partial charge in [-0.05, 0) is 80.6 Å². The molecule has 0 bridgehead atoms. The highest BCUT2D eigenvalue weighted by molar-refractivity contribution is 7.26. The summed E-state index contributed by atoms with van der Waals surface area (Å²) in [6.07, 6.45) is 0. The molecule has 3 heterocycles. The molecule has 69 heavy (non-hydrogen) atoms. The minimum atomic E-state index is -0.112. The molecule has 0 N–H and O–H groups in total. The Labute approximate surface area is 407 Å². The first-order chi connectivity index (χ1) is 33.4. The predicted molar refractivity (Wildman–Crippen MR) is 287 cm³/mol. The maximum Gasteiger partial charge on any atom is 0.164 e. The van der Waals surface area contributed by atoms with Gasteiger partial charge >= 0.3 is 0 Å². The van der Waals surface area contributed by atoms with Crippen molar-refractivity contribution in [3.8, 4) is 90.6 Å². The number of hydrogen-bond donors (Lipinski definition) is 0. The maximum absolute atomic E-state index is 5.10. The molecule has 0 radical (unpaired) electrons. The number of aromatic nitrogens is 6. The fourth-order valence-electron chi connectivity index (χ4n) is 8.80. The van der Waals surface area contributed by atoms with Crippen LogP contribution in [-0.2, 0) is 10.8 Å². The number of rotatable bonds is 8. The molecule has 0 aliphatic rings. The molecule has 0 unspecified atom stereocenters. The topological polar surface area (TPSA) is 77.3 Å². The molecule has 7 heteroatoms. The summed E-state index contributed by atoms with van der Waals surface area (Å²) < 4.78 is 2.48. The highest BCUT2D eigenvalue weighted by Gasteiger charge is 2.25. The van der Waals surface area contributed by atoms with E-state index in [4.69, 9.17) is 29.9 Å². The molecule has 0 aliphatic carbocycles. The number of thiophene rings is 1. The molecular weight excluding hydrogens is 861 g/mol. The molecule has 0 spiro atoms. The minimum absolute atomic E-state index is 0.112. The SMILES string of the molecule is CC(C)(C)c1cc(-c2cccc(-c3nc(-c4ccccc4)nc(-c4ccccc4)n3)c2)c2sc3c(-c4cccc(-c5nc(-c6ccccc6)nc(-c6ccccc6)n5)c4)cc(C(C)(C)C)cc3c2c1. The lowest BCUT2D eigenvalue weighted by atomic mass is 9.82. The Morgan fingerprint density at radius 1 is 0.275 bits per heavy atom. The number of nitrogens with zero attached hydrogens (tertiary/aromatic N) is 6. The lowest BCUT2D eigenvalue weighted by molar-refractivity contribution is 0.590. The molecule has 0 saturated heterocycles. The van der Waals surface area contributed by atoms with E-state index in [9.17, 15) is 0 Å². The van der Waals surface area contributed by atoms with Gasteiger partial charge in [-0.1, -0.05) is 199 Å². The van der Waals surface area contributed by atoms with E-state index in [1.165, 1.54) is 42.4 Å². The number of hydrogen-bond acceptors (Lipinski definition) is 7. The van der Waals surface area contributed by atoms with E-state index < -0.39 is 0 Å². The lowest BCUT2D eigenvalue weighted by Crippen LogP contribution is -2.11. The molecule has 0 atom stereocenters. The molecule has 0 fully saturated rings. The smallest absolute Gasteiger partial charge is 0.164 e. The first-order valence-corrected chi connectivity index (χ1v) is 24.3. The van der Waals surface area contributed by atoms with E-state index in [0.717, 1.165) is 44.5 Å². The van der Waals surface area contributed by atoms with Crippen molar-refractivity contribution in [2.24, 2.45) is 0 Å². The number of benzene rings is 8. The normalized spacial score (nSPS) is 11.9. The van der Waals surface area contributed by atoms with E-state index in [1.54, 1.807) is 0 Å². The van der Waals surface area contributed by atoms with E-state index >= 15 is 0 Å². The third-order valence-electron chi connectivity index (χ3n) is 12.7. The summed E-state index contributed by atoms with van der Waals surface area (Å²) in [5.41, 5.74) is 12.5. The summed E-state index contributed by atoms with van der Waals surface area (Å²) in [4.78, 5) is 30.3. The van der Waals surface area contributed by atoms with Gasteiger partial charge in [0.15, 0.2) is 34.9 Å². The molecule has 8 aromatic carbocycles. The Morgan fingerprint density at radius 2 is 0.536 bits per heavy atom. The van der Waals surface area contributed by atoms with Gasteiger partial charge in [0.25, 0.3) is 0 Å². The minimum Gasteiger partial charge on any atom is -0.208 e. The second-order valence-corrected chi connectivity index (χ2v) is 20.7. The van der Waals surface area contributed by atoms with Gasteiger partial charge in [-0.2, -0.15) is 0 Å². The Hall–Kier alpha value is -8.00. The van der Waals surface area contributed by atoms with Crippen LogP contribution in [0.4, 0.5) is 0 Å². The molecule has 6 nitrogen and oxygen atoms in total. The largest absolute Gasteiger partial charge is 0.208 e. The van der Waals surface area contributed by atoms with Gasteiger partial charge in [-0.15, -0.1) is 11.3 Å². The van der Waals surface area contributed by atoms with Crippen molar-refractivity contribution < 1.29 is 0 Å². The summed E-state index contributed by atoms with van der Waals surface area (Å²) in [5.74, 6) is 3.82. The van der Waals surface area contributed by atoms with Crippen LogP contribution in [0.1, 0.15) is 52.7 Å². The Kier molecular flexibility index (Phi) is 11.1. The van der Waals surface area contributed by atoms with Crippen molar-refractivity contribution in [1.29, 1.82) is 0 Å². The molecule has 0 amide bonds. The van der Waals surface area contributed by atoms with E-state index in [-0.39, 0.29) is 10.8 Å². The molecule has 0 aliphatic heterocycles. The zero-order valence-corrected chi connectivity index (χ0v) is 40.4. The molecule has 11 aromatic rings. The van der Waals surface area contributed by atoms with Crippen LogP contribution in [0.3, 0.4) is 0 Å². The maximum atomic E-state index is 5.10. The van der Waals surface area contributed by atoms with Gasteiger partial charge in [-0.3, -0.25) is 0 Å². The monoisotopic (exact) mass is 910 g/mol. The fourth-order valence-corrected chi connectivity index (χ4v) is 10.1. The van der Waals surface area contributed by atoms with Crippen LogP contribution in [0.15, 0.2) is 194 Å². The van der Waals surface area contributed by atoms with Crippen LogP contribution < -0.4 is 0 Å². The van der Waals surface area contributed by atoms with E-state index in [0.29, 0.717) is 34.9 Å². The van der Waals surface area contributed by atoms with Crippen molar-refractivity contribution in [3.63, 3.8) is 0 Å². The second kappa shape index (κ2) is 17.6. The predicted octanol–water partition coefficient (Wildman–Crippen LogP) is 16.4. The zero-order chi connectivity index (χ0) is 47.3. The van der Waals surface area contributed by atoms with Gasteiger partial charge < -0.3 is 0 Å². The second-order valence-electron chi connectivity index (χ2n) is 19.6. The van der Waals surface area contributed by atoms with Crippen molar-refractivity contribution in [2.75, 3.05) is 0 Å². The molecule has 11 rings (SSSR count). The molecule has 334 valence electrons. The standard InChI is InChI=1S/C62H50N6S/c1-61(2,3)47-35-49(43-29-19-31-45(33-43)59-65-55(39-21-11-7-12-22-39)63-56(66-59)40-23-13-8-14-24-40)53-51(37-47)52-38-48(62(4,5)6)36-50(54(52)69-53)44-30-20-32-46(34-44)60-67-57(41-25-15-9-16-26-41)64-58(68-60)42-27-17-10-18-28-42/h7-38H,1-6H3. The van der Waals surface area contributed by atoms with Crippen LogP contribution in [0.2, 0.25) is 0 Å². The first-order valence-electron chi connectivity index (χ1n) is 23.4. The first kappa shape index (κ1) is 43.6. The highest BCUT2D eigenvalue weighted by Crippen LogP contribution is 2.48. The van der Waals surface area contributed by atoms with Crippen molar-refractivity contribution >= 4 is 31.5 Å². The van der Waals surface area contributed by atoms with Crippen LogP contribution in [0.25, 0.3) is 111 Å². The average molecular weight is 911 g/mol. The highest BCUT2D eigenvalue weighted by atomic mass is 32.1. The van der Waals surface area contributed by atoms with Crippen LogP contribution in [-0.4, -0.2) is 29.9 Å². The van der Waals surface area contributed by atoms with Crippen LogP contribution in [0, 0.1) is 0 Å². The number of fused-ring (bicyclic) bond motifs is 3. The van der Waals surface area contributed by atoms with Gasteiger partial charge in [0.05, 0.1) is 0 Å². The fraction of sp³-hybridized carbons (Fsp3) is 0.129. The molecule has 0 saturated carbocycles. The van der Waals surface area contributed by atoms with Crippen LogP contribution >= 0.6 is 11.3 Å². The average Bonchev–Trinajstić information content (AvgIpc) is 3.77. The van der Waals surface area contributed by atoms with Gasteiger partial charge in [0.2, 0.25) is 0 Å². The third kappa shape index (κ3) is 8.74. The molecular formula is C62H50N6S. The summed E-state index contributed by atoms with van der Waals surface area (Å²) in [7, 11) is 0. The van der Waals surface area contributed by atoms with Crippen LogP contribution in [0.5, 0.6) is 0 Å². The quantitative estimate of drug-likeness (QED) is 0.151. The third-order valence-corrected chi connectivity index (χ3v) is 14.0. The Morgan fingerprint density at radius 3 is 0.826 bits per heavy atom. The van der Waals surface area contributed by atoms with Crippen molar-refractivity contribution in [1.82, 2.24) is 29.9 Å². The Balaban J connectivity index is 1.10. The summed E-state index contributed by atoms with van der Waals surface area (Å²) in [5, 5.41) is 2.50. The van der Waals surface area contributed by atoms with Crippen molar-refractivity contribution in [3.05, 3.63) is 205 Å². The van der Waals surface area contributed by atoms with Gasteiger partial charge in [-0.25, -0.2) is 29.9 Å². The Bertz CT molecular complexity index is 3310.